The third-order valence-electron chi connectivity index (χ3n) is 3.41. The molecule has 0 aliphatic rings. The van der Waals surface area contributed by atoms with E-state index in [1.807, 2.05) is 36.4 Å². The van der Waals surface area contributed by atoms with E-state index in [9.17, 15) is 4.79 Å². The Morgan fingerprint density at radius 3 is 2.26 bits per heavy atom. The molecule has 0 bridgehead atoms. The van der Waals surface area contributed by atoms with E-state index >= 15 is 0 Å². The predicted octanol–water partition coefficient (Wildman–Crippen LogP) is 4.24. The SMILES string of the molecule is Nc1cc(C(=O)Nc2ccc(-c3ccncc3)cc2)ccc1Cl. The van der Waals surface area contributed by atoms with E-state index in [2.05, 4.69) is 10.3 Å². The first-order chi connectivity index (χ1) is 11.1. The Hall–Kier alpha value is -2.85. The number of nitrogen functional groups attached to an aromatic ring is 1. The van der Waals surface area contributed by atoms with Crippen LogP contribution in [0.15, 0.2) is 67.0 Å². The number of halogens is 1. The molecule has 5 heteroatoms. The summed E-state index contributed by atoms with van der Waals surface area (Å²) < 4.78 is 0. The summed E-state index contributed by atoms with van der Waals surface area (Å²) in [6, 6.07) is 16.3. The van der Waals surface area contributed by atoms with E-state index in [4.69, 9.17) is 17.3 Å². The quantitative estimate of drug-likeness (QED) is 0.708. The summed E-state index contributed by atoms with van der Waals surface area (Å²) in [4.78, 5) is 16.2. The monoisotopic (exact) mass is 323 g/mol. The summed E-state index contributed by atoms with van der Waals surface area (Å²) in [5, 5.41) is 3.27. The van der Waals surface area contributed by atoms with Crippen molar-refractivity contribution in [1.29, 1.82) is 0 Å². The number of amides is 1. The summed E-state index contributed by atoms with van der Waals surface area (Å²) in [6.07, 6.45) is 3.49. The molecule has 0 saturated heterocycles. The molecule has 1 heterocycles. The Kier molecular flexibility index (Phi) is 4.26. The van der Waals surface area contributed by atoms with Gasteiger partial charge in [-0.15, -0.1) is 0 Å². The number of rotatable bonds is 3. The number of hydrogen-bond donors (Lipinski definition) is 2. The first-order valence-electron chi connectivity index (χ1n) is 7.00. The third kappa shape index (κ3) is 3.49. The largest absolute Gasteiger partial charge is 0.398 e. The molecule has 0 unspecified atom stereocenters. The fourth-order valence-electron chi connectivity index (χ4n) is 2.18. The Morgan fingerprint density at radius 2 is 1.61 bits per heavy atom. The van der Waals surface area contributed by atoms with Gasteiger partial charge in [-0.2, -0.15) is 0 Å². The molecule has 0 fully saturated rings. The lowest BCUT2D eigenvalue weighted by atomic mass is 10.1. The first-order valence-corrected chi connectivity index (χ1v) is 7.38. The van der Waals surface area contributed by atoms with Crippen molar-refractivity contribution in [2.24, 2.45) is 0 Å². The van der Waals surface area contributed by atoms with Crippen LogP contribution in [0.5, 0.6) is 0 Å². The number of carbonyl (C=O) groups is 1. The molecule has 3 rings (SSSR count). The number of nitrogens with two attached hydrogens (primary N) is 1. The molecule has 114 valence electrons. The standard InChI is InChI=1S/C18H14ClN3O/c19-16-6-3-14(11-17(16)20)18(23)22-15-4-1-12(2-5-15)13-7-9-21-10-8-13/h1-11H,20H2,(H,22,23). The van der Waals surface area contributed by atoms with Gasteiger partial charge < -0.3 is 11.1 Å². The average Bonchev–Trinajstić information content (AvgIpc) is 2.59. The predicted molar refractivity (Wildman–Crippen MR) is 93.5 cm³/mol. The van der Waals surface area contributed by atoms with E-state index in [-0.39, 0.29) is 5.91 Å². The molecular weight excluding hydrogens is 310 g/mol. The van der Waals surface area contributed by atoms with Gasteiger partial charge in [-0.1, -0.05) is 23.7 Å². The number of anilines is 2. The second-order valence-corrected chi connectivity index (χ2v) is 5.41. The minimum absolute atomic E-state index is 0.231. The highest BCUT2D eigenvalue weighted by molar-refractivity contribution is 6.33. The lowest BCUT2D eigenvalue weighted by molar-refractivity contribution is 0.102. The maximum atomic E-state index is 12.2. The summed E-state index contributed by atoms with van der Waals surface area (Å²) >= 11 is 5.86. The van der Waals surface area contributed by atoms with Gasteiger partial charge in [-0.05, 0) is 53.6 Å². The summed E-state index contributed by atoms with van der Waals surface area (Å²) in [5.41, 5.74) is 9.40. The van der Waals surface area contributed by atoms with Crippen LogP contribution in [-0.2, 0) is 0 Å². The van der Waals surface area contributed by atoms with Crippen molar-refractivity contribution in [1.82, 2.24) is 4.98 Å². The van der Waals surface area contributed by atoms with Gasteiger partial charge in [0.15, 0.2) is 0 Å². The van der Waals surface area contributed by atoms with Crippen molar-refractivity contribution >= 4 is 28.9 Å². The minimum Gasteiger partial charge on any atom is -0.398 e. The molecule has 1 amide bonds. The van der Waals surface area contributed by atoms with Crippen molar-refractivity contribution in [3.63, 3.8) is 0 Å². The van der Waals surface area contributed by atoms with Crippen molar-refractivity contribution in [3.8, 4) is 11.1 Å². The van der Waals surface area contributed by atoms with Gasteiger partial charge in [0.1, 0.15) is 0 Å². The van der Waals surface area contributed by atoms with Crippen LogP contribution < -0.4 is 11.1 Å². The molecule has 23 heavy (non-hydrogen) atoms. The lowest BCUT2D eigenvalue weighted by Gasteiger charge is -2.08. The molecule has 0 atom stereocenters. The van der Waals surface area contributed by atoms with Gasteiger partial charge in [-0.25, -0.2) is 0 Å². The Bertz CT molecular complexity index is 833. The van der Waals surface area contributed by atoms with Crippen molar-refractivity contribution in [2.45, 2.75) is 0 Å². The fraction of sp³-hybridized carbons (Fsp3) is 0. The van der Waals surface area contributed by atoms with Crippen molar-refractivity contribution in [2.75, 3.05) is 11.1 Å². The zero-order valence-electron chi connectivity index (χ0n) is 12.2. The number of carbonyl (C=O) groups excluding carboxylic acids is 1. The van der Waals surface area contributed by atoms with Crippen LogP contribution in [0.25, 0.3) is 11.1 Å². The number of hydrogen-bond acceptors (Lipinski definition) is 3. The molecular formula is C18H14ClN3O. The van der Waals surface area contributed by atoms with Crippen molar-refractivity contribution < 1.29 is 4.79 Å². The average molecular weight is 324 g/mol. The summed E-state index contributed by atoms with van der Waals surface area (Å²) in [5.74, 6) is -0.231. The van der Waals surface area contributed by atoms with Gasteiger partial charge in [0.05, 0.1) is 10.7 Å². The van der Waals surface area contributed by atoms with Crippen LogP contribution in [0.1, 0.15) is 10.4 Å². The molecule has 0 saturated carbocycles. The normalized spacial score (nSPS) is 10.3. The number of aromatic nitrogens is 1. The Labute approximate surface area is 138 Å². The zero-order valence-corrected chi connectivity index (χ0v) is 12.9. The van der Waals surface area contributed by atoms with Gasteiger partial charge >= 0.3 is 0 Å². The van der Waals surface area contributed by atoms with Crippen molar-refractivity contribution in [3.05, 3.63) is 77.6 Å². The van der Waals surface area contributed by atoms with Gasteiger partial charge in [0.25, 0.3) is 5.91 Å². The maximum Gasteiger partial charge on any atom is 0.255 e. The minimum atomic E-state index is -0.231. The van der Waals surface area contributed by atoms with E-state index < -0.39 is 0 Å². The number of pyridine rings is 1. The summed E-state index contributed by atoms with van der Waals surface area (Å²) in [6.45, 7) is 0. The fourth-order valence-corrected chi connectivity index (χ4v) is 2.30. The molecule has 4 nitrogen and oxygen atoms in total. The molecule has 0 aliphatic heterocycles. The van der Waals surface area contributed by atoms with E-state index in [0.29, 0.717) is 22.0 Å². The summed E-state index contributed by atoms with van der Waals surface area (Å²) in [7, 11) is 0. The first kappa shape index (κ1) is 15.1. The van der Waals surface area contributed by atoms with Gasteiger partial charge in [-0.3, -0.25) is 9.78 Å². The second-order valence-electron chi connectivity index (χ2n) is 5.00. The third-order valence-corrected chi connectivity index (χ3v) is 3.76. The second kappa shape index (κ2) is 6.50. The molecule has 0 spiro atoms. The topological polar surface area (TPSA) is 68.0 Å². The molecule has 3 N–H and O–H groups in total. The highest BCUT2D eigenvalue weighted by Crippen LogP contribution is 2.22. The van der Waals surface area contributed by atoms with Crippen LogP contribution in [-0.4, -0.2) is 10.9 Å². The highest BCUT2D eigenvalue weighted by atomic mass is 35.5. The Balaban J connectivity index is 1.75. The van der Waals surface area contributed by atoms with E-state index in [1.54, 1.807) is 30.6 Å². The smallest absolute Gasteiger partial charge is 0.255 e. The van der Waals surface area contributed by atoms with Crippen LogP contribution in [0.3, 0.4) is 0 Å². The lowest BCUT2D eigenvalue weighted by Crippen LogP contribution is -2.12. The maximum absolute atomic E-state index is 12.2. The van der Waals surface area contributed by atoms with Gasteiger partial charge in [0.2, 0.25) is 0 Å². The van der Waals surface area contributed by atoms with Crippen LogP contribution in [0.2, 0.25) is 5.02 Å². The van der Waals surface area contributed by atoms with E-state index in [1.165, 1.54) is 0 Å². The molecule has 1 aromatic heterocycles. The number of nitrogens with one attached hydrogen (secondary N) is 1. The van der Waals surface area contributed by atoms with Gasteiger partial charge in [0, 0.05) is 23.6 Å². The van der Waals surface area contributed by atoms with E-state index in [0.717, 1.165) is 11.1 Å². The number of benzene rings is 2. The zero-order chi connectivity index (χ0) is 16.2. The Morgan fingerprint density at radius 1 is 0.957 bits per heavy atom. The molecule has 0 radical (unpaired) electrons. The number of nitrogens with zero attached hydrogens (tertiary/aromatic N) is 1. The molecule has 2 aromatic carbocycles. The highest BCUT2D eigenvalue weighted by Gasteiger charge is 2.08. The van der Waals surface area contributed by atoms with Crippen LogP contribution in [0.4, 0.5) is 11.4 Å². The van der Waals surface area contributed by atoms with Crippen LogP contribution in [0, 0.1) is 0 Å². The molecule has 3 aromatic rings. The van der Waals surface area contributed by atoms with Crippen LogP contribution >= 0.6 is 11.6 Å². The molecule has 0 aliphatic carbocycles.